The number of carbonyl (C=O) groups excluding carboxylic acids is 2. The number of Topliss-reactive ketones (excluding diaryl/α,β-unsaturated/α-hetero) is 1. The number of hydrogen-bond acceptors (Lipinski definition) is 3. The first kappa shape index (κ1) is 29.6. The molecule has 0 unspecified atom stereocenters. The van der Waals surface area contributed by atoms with E-state index in [9.17, 15) is 19.1 Å². The number of unbranched alkanes of at least 4 members (excludes halogenated alkanes) is 13. The van der Waals surface area contributed by atoms with Gasteiger partial charge in [-0.25, -0.2) is 4.39 Å². The molecule has 1 atom stereocenters. The molecule has 38 heavy (non-hydrogen) atoms. The minimum atomic E-state index is -0.724. The lowest BCUT2D eigenvalue weighted by molar-refractivity contribution is -0.139. The lowest BCUT2D eigenvalue weighted by atomic mass is 9.95. The highest BCUT2D eigenvalue weighted by Crippen LogP contribution is 2.39. The van der Waals surface area contributed by atoms with Crippen LogP contribution in [0.3, 0.4) is 0 Å². The lowest BCUT2D eigenvalue weighted by Crippen LogP contribution is -2.30. The fourth-order valence-corrected chi connectivity index (χ4v) is 5.33. The van der Waals surface area contributed by atoms with Crippen LogP contribution in [0.25, 0.3) is 5.76 Å². The highest BCUT2D eigenvalue weighted by Gasteiger charge is 2.45. The fourth-order valence-electron chi connectivity index (χ4n) is 5.33. The van der Waals surface area contributed by atoms with Crippen molar-refractivity contribution in [2.24, 2.45) is 0 Å². The Morgan fingerprint density at radius 1 is 0.737 bits per heavy atom. The van der Waals surface area contributed by atoms with Gasteiger partial charge in [-0.1, -0.05) is 133 Å². The molecular weight excluding hydrogens is 477 g/mol. The molecule has 3 rings (SSSR count). The molecule has 2 aromatic rings. The summed E-state index contributed by atoms with van der Waals surface area (Å²) in [6.07, 6.45) is 17.4. The molecule has 0 aromatic heterocycles. The molecule has 4 nitrogen and oxygen atoms in total. The predicted molar refractivity (Wildman–Crippen MR) is 152 cm³/mol. The van der Waals surface area contributed by atoms with Gasteiger partial charge in [0.05, 0.1) is 11.6 Å². The quantitative estimate of drug-likeness (QED) is 0.0980. The van der Waals surface area contributed by atoms with Gasteiger partial charge >= 0.3 is 0 Å². The van der Waals surface area contributed by atoms with E-state index in [1.807, 2.05) is 6.07 Å². The highest BCUT2D eigenvalue weighted by molar-refractivity contribution is 6.46. The van der Waals surface area contributed by atoms with Crippen LogP contribution in [0.4, 0.5) is 4.39 Å². The zero-order chi connectivity index (χ0) is 27.2. The Labute approximate surface area is 227 Å². The van der Waals surface area contributed by atoms with Crippen LogP contribution in [0.2, 0.25) is 0 Å². The maximum absolute atomic E-state index is 13.6. The van der Waals surface area contributed by atoms with E-state index < -0.39 is 17.7 Å². The number of nitrogens with zero attached hydrogens (tertiary/aromatic N) is 1. The van der Waals surface area contributed by atoms with Gasteiger partial charge in [-0.2, -0.15) is 0 Å². The number of likely N-dealkylation sites (tertiary alicyclic amines) is 1. The zero-order valence-corrected chi connectivity index (χ0v) is 23.0. The summed E-state index contributed by atoms with van der Waals surface area (Å²) >= 11 is 0. The number of aliphatic hydroxyl groups excluding tert-OH is 1. The Hall–Kier alpha value is -2.95. The Balaban J connectivity index is 1.50. The SMILES string of the molecule is CCCCCCCCCCCCCCCCN1C(=O)C(=O)/C(=C(/O)c2ccccc2)[C@H]1c1ccc(F)cc1. The van der Waals surface area contributed by atoms with E-state index in [-0.39, 0.29) is 17.1 Å². The maximum atomic E-state index is 13.6. The van der Waals surface area contributed by atoms with E-state index >= 15 is 0 Å². The van der Waals surface area contributed by atoms with Crippen molar-refractivity contribution in [3.8, 4) is 0 Å². The van der Waals surface area contributed by atoms with Crippen LogP contribution >= 0.6 is 0 Å². The topological polar surface area (TPSA) is 57.6 Å². The van der Waals surface area contributed by atoms with Gasteiger partial charge in [0.1, 0.15) is 11.6 Å². The van der Waals surface area contributed by atoms with E-state index in [1.165, 1.54) is 82.8 Å². The number of aliphatic hydroxyl groups is 1. The van der Waals surface area contributed by atoms with Crippen LogP contribution in [-0.2, 0) is 9.59 Å². The summed E-state index contributed by atoms with van der Waals surface area (Å²) in [5.74, 6) is -1.87. The average molecular weight is 522 g/mol. The first-order valence-corrected chi connectivity index (χ1v) is 14.6. The third-order valence-corrected chi connectivity index (χ3v) is 7.53. The average Bonchev–Trinajstić information content (AvgIpc) is 3.18. The second-order valence-electron chi connectivity index (χ2n) is 10.5. The van der Waals surface area contributed by atoms with Gasteiger partial charge in [-0.3, -0.25) is 9.59 Å². The minimum absolute atomic E-state index is 0.0678. The predicted octanol–water partition coefficient (Wildman–Crippen LogP) is 8.73. The number of amides is 1. The van der Waals surface area contributed by atoms with Gasteiger partial charge in [-0.15, -0.1) is 0 Å². The van der Waals surface area contributed by atoms with Gasteiger partial charge in [0.25, 0.3) is 11.7 Å². The first-order valence-electron chi connectivity index (χ1n) is 14.6. The third-order valence-electron chi connectivity index (χ3n) is 7.53. The van der Waals surface area contributed by atoms with Crippen LogP contribution in [0.5, 0.6) is 0 Å². The number of rotatable bonds is 17. The van der Waals surface area contributed by atoms with Crippen LogP contribution in [0.1, 0.15) is 114 Å². The molecule has 1 N–H and O–H groups in total. The van der Waals surface area contributed by atoms with E-state index in [4.69, 9.17) is 0 Å². The summed E-state index contributed by atoms with van der Waals surface area (Å²) in [4.78, 5) is 27.6. The van der Waals surface area contributed by atoms with E-state index in [1.54, 1.807) is 41.3 Å². The second-order valence-corrected chi connectivity index (χ2v) is 10.5. The normalized spacial score (nSPS) is 16.9. The molecule has 5 heteroatoms. The molecule has 0 radical (unpaired) electrons. The standard InChI is InChI=1S/C33H44FNO3/c1-2-3-4-5-6-7-8-9-10-11-12-13-14-18-25-35-30(26-21-23-28(34)24-22-26)29(32(37)33(35)38)31(36)27-19-16-15-17-20-27/h15-17,19-24,30,36H,2-14,18,25H2,1H3/b31-29+/t30-/m1/s1. The van der Waals surface area contributed by atoms with Crippen molar-refractivity contribution in [1.82, 2.24) is 4.90 Å². The molecule has 1 fully saturated rings. The molecule has 0 saturated carbocycles. The molecule has 0 bridgehead atoms. The van der Waals surface area contributed by atoms with Crippen molar-refractivity contribution in [2.75, 3.05) is 6.54 Å². The number of ketones is 1. The van der Waals surface area contributed by atoms with Crippen molar-refractivity contribution in [2.45, 2.75) is 103 Å². The number of carbonyl (C=O) groups is 2. The zero-order valence-electron chi connectivity index (χ0n) is 23.0. The number of halogens is 1. The van der Waals surface area contributed by atoms with Crippen molar-refractivity contribution in [3.63, 3.8) is 0 Å². The maximum Gasteiger partial charge on any atom is 0.295 e. The van der Waals surface area contributed by atoms with E-state index in [2.05, 4.69) is 6.92 Å². The first-order chi connectivity index (χ1) is 18.5. The Morgan fingerprint density at radius 3 is 1.76 bits per heavy atom. The fraction of sp³-hybridized carbons (Fsp3) is 0.515. The molecule has 0 aliphatic carbocycles. The monoisotopic (exact) mass is 521 g/mol. The number of benzene rings is 2. The minimum Gasteiger partial charge on any atom is -0.507 e. The molecule has 1 heterocycles. The van der Waals surface area contributed by atoms with Crippen molar-refractivity contribution < 1.29 is 19.1 Å². The van der Waals surface area contributed by atoms with Crippen molar-refractivity contribution >= 4 is 17.4 Å². The molecule has 1 aliphatic rings. The summed E-state index contributed by atoms with van der Waals surface area (Å²) in [5.41, 5.74) is 1.17. The summed E-state index contributed by atoms with van der Waals surface area (Å²) in [6.45, 7) is 2.68. The lowest BCUT2D eigenvalue weighted by Gasteiger charge is -2.25. The molecule has 206 valence electrons. The molecule has 2 aromatic carbocycles. The van der Waals surface area contributed by atoms with Crippen molar-refractivity contribution in [1.29, 1.82) is 0 Å². The highest BCUT2D eigenvalue weighted by atomic mass is 19.1. The Morgan fingerprint density at radius 2 is 1.24 bits per heavy atom. The third kappa shape index (κ3) is 8.54. The summed E-state index contributed by atoms with van der Waals surface area (Å²) in [7, 11) is 0. The van der Waals surface area contributed by atoms with E-state index in [0.29, 0.717) is 17.7 Å². The molecular formula is C33H44FNO3. The van der Waals surface area contributed by atoms with Gasteiger partial charge in [-0.05, 0) is 24.1 Å². The van der Waals surface area contributed by atoms with Crippen LogP contribution in [0.15, 0.2) is 60.2 Å². The van der Waals surface area contributed by atoms with Crippen molar-refractivity contribution in [3.05, 3.63) is 77.1 Å². The molecule has 1 amide bonds. The van der Waals surface area contributed by atoms with Crippen LogP contribution in [0, 0.1) is 5.82 Å². The van der Waals surface area contributed by atoms with Crippen LogP contribution in [-0.4, -0.2) is 28.2 Å². The second kappa shape index (κ2) is 16.1. The van der Waals surface area contributed by atoms with Gasteiger partial charge in [0, 0.05) is 12.1 Å². The van der Waals surface area contributed by atoms with Gasteiger partial charge < -0.3 is 10.0 Å². The van der Waals surface area contributed by atoms with Gasteiger partial charge in [0.2, 0.25) is 0 Å². The Kier molecular flexibility index (Phi) is 12.5. The van der Waals surface area contributed by atoms with E-state index in [0.717, 1.165) is 19.3 Å². The summed E-state index contributed by atoms with van der Waals surface area (Å²) in [6, 6.07) is 13.9. The molecule has 1 aliphatic heterocycles. The van der Waals surface area contributed by atoms with Gasteiger partial charge in [0.15, 0.2) is 0 Å². The molecule has 1 saturated heterocycles. The Bertz CT molecular complexity index is 1030. The number of hydrogen-bond donors (Lipinski definition) is 1. The smallest absolute Gasteiger partial charge is 0.295 e. The molecule has 0 spiro atoms. The van der Waals surface area contributed by atoms with Crippen LogP contribution < -0.4 is 0 Å². The summed E-state index contributed by atoms with van der Waals surface area (Å²) in [5, 5.41) is 11.0. The largest absolute Gasteiger partial charge is 0.507 e. The summed E-state index contributed by atoms with van der Waals surface area (Å²) < 4.78 is 13.6.